The lowest BCUT2D eigenvalue weighted by molar-refractivity contribution is 0.0751. The van der Waals surface area contributed by atoms with Crippen molar-refractivity contribution in [2.75, 3.05) is 19.8 Å². The largest absolute Gasteiger partial charge is 0.486 e. The maximum absolute atomic E-state index is 12.3. The van der Waals surface area contributed by atoms with E-state index < -0.39 is 0 Å². The van der Waals surface area contributed by atoms with E-state index in [0.29, 0.717) is 31.9 Å². The van der Waals surface area contributed by atoms with E-state index in [2.05, 4.69) is 0 Å². The first-order chi connectivity index (χ1) is 10.3. The molecule has 0 aliphatic carbocycles. The number of benzene rings is 1. The van der Waals surface area contributed by atoms with Gasteiger partial charge in [0.25, 0.3) is 5.91 Å². The lowest BCUT2D eigenvalue weighted by atomic mass is 10.1. The predicted molar refractivity (Wildman–Crippen MR) is 76.6 cm³/mol. The molecular weight excluding hydrogens is 270 g/mol. The van der Waals surface area contributed by atoms with Crippen molar-refractivity contribution in [2.24, 2.45) is 0 Å². The van der Waals surface area contributed by atoms with Gasteiger partial charge in [-0.15, -0.1) is 0 Å². The molecule has 1 amide bonds. The SMILES string of the molecule is CCN(Cc1ccc2c(c1)OCCO2)C(=O)c1ccoc1. The van der Waals surface area contributed by atoms with Gasteiger partial charge in [0.1, 0.15) is 19.5 Å². The van der Waals surface area contributed by atoms with E-state index >= 15 is 0 Å². The van der Waals surface area contributed by atoms with E-state index in [1.54, 1.807) is 11.0 Å². The number of carbonyl (C=O) groups is 1. The summed E-state index contributed by atoms with van der Waals surface area (Å²) in [5, 5.41) is 0. The van der Waals surface area contributed by atoms with Gasteiger partial charge in [0.15, 0.2) is 11.5 Å². The summed E-state index contributed by atoms with van der Waals surface area (Å²) in [7, 11) is 0. The summed E-state index contributed by atoms with van der Waals surface area (Å²) < 4.78 is 16.0. The molecule has 21 heavy (non-hydrogen) atoms. The van der Waals surface area contributed by atoms with E-state index in [4.69, 9.17) is 13.9 Å². The van der Waals surface area contributed by atoms with Gasteiger partial charge < -0.3 is 18.8 Å². The summed E-state index contributed by atoms with van der Waals surface area (Å²) in [4.78, 5) is 14.1. The Hall–Kier alpha value is -2.43. The molecule has 2 aromatic rings. The van der Waals surface area contributed by atoms with Crippen LogP contribution < -0.4 is 9.47 Å². The maximum atomic E-state index is 12.3. The van der Waals surface area contributed by atoms with E-state index in [9.17, 15) is 4.79 Å². The van der Waals surface area contributed by atoms with Crippen molar-refractivity contribution in [2.45, 2.75) is 13.5 Å². The summed E-state index contributed by atoms with van der Waals surface area (Å²) in [6.45, 7) is 4.24. The van der Waals surface area contributed by atoms with E-state index in [1.807, 2.05) is 25.1 Å². The van der Waals surface area contributed by atoms with Crippen LogP contribution in [0.5, 0.6) is 11.5 Å². The zero-order chi connectivity index (χ0) is 14.7. The number of rotatable bonds is 4. The lowest BCUT2D eigenvalue weighted by Crippen LogP contribution is -2.30. The minimum atomic E-state index is -0.0406. The number of nitrogens with zero attached hydrogens (tertiary/aromatic N) is 1. The molecule has 1 aromatic carbocycles. The first kappa shape index (κ1) is 13.5. The zero-order valence-corrected chi connectivity index (χ0v) is 11.9. The highest BCUT2D eigenvalue weighted by molar-refractivity contribution is 5.93. The standard InChI is InChI=1S/C16H17NO4/c1-2-17(16(18)13-5-6-19-11-13)10-12-3-4-14-15(9-12)21-8-7-20-14/h3-6,9,11H,2,7-8,10H2,1H3. The van der Waals surface area contributed by atoms with Crippen molar-refractivity contribution in [3.05, 3.63) is 47.9 Å². The molecule has 0 radical (unpaired) electrons. The fraction of sp³-hybridized carbons (Fsp3) is 0.312. The second-order valence-electron chi connectivity index (χ2n) is 4.81. The van der Waals surface area contributed by atoms with Crippen LogP contribution in [-0.4, -0.2) is 30.6 Å². The second-order valence-corrected chi connectivity index (χ2v) is 4.81. The molecule has 0 saturated heterocycles. The number of amides is 1. The van der Waals surface area contributed by atoms with E-state index in [-0.39, 0.29) is 5.91 Å². The van der Waals surface area contributed by atoms with Crippen LogP contribution in [0.2, 0.25) is 0 Å². The van der Waals surface area contributed by atoms with E-state index in [0.717, 1.165) is 17.1 Å². The number of hydrogen-bond acceptors (Lipinski definition) is 4. The third kappa shape index (κ3) is 2.86. The third-order valence-corrected chi connectivity index (χ3v) is 3.42. The number of hydrogen-bond donors (Lipinski definition) is 0. The Morgan fingerprint density at radius 2 is 2.00 bits per heavy atom. The van der Waals surface area contributed by atoms with Crippen molar-refractivity contribution in [1.29, 1.82) is 0 Å². The van der Waals surface area contributed by atoms with Gasteiger partial charge in [-0.2, -0.15) is 0 Å². The smallest absolute Gasteiger partial charge is 0.257 e. The van der Waals surface area contributed by atoms with Crippen LogP contribution in [0.1, 0.15) is 22.8 Å². The molecule has 1 aliphatic rings. The first-order valence-electron chi connectivity index (χ1n) is 6.98. The Morgan fingerprint density at radius 3 is 2.71 bits per heavy atom. The minimum absolute atomic E-state index is 0.0406. The molecule has 0 atom stereocenters. The molecule has 0 spiro atoms. The molecule has 1 aliphatic heterocycles. The minimum Gasteiger partial charge on any atom is -0.486 e. The fourth-order valence-electron chi connectivity index (χ4n) is 2.30. The number of carbonyl (C=O) groups excluding carboxylic acids is 1. The summed E-state index contributed by atoms with van der Waals surface area (Å²) in [6.07, 6.45) is 2.97. The van der Waals surface area contributed by atoms with Crippen molar-refractivity contribution >= 4 is 5.91 Å². The lowest BCUT2D eigenvalue weighted by Gasteiger charge is -2.22. The van der Waals surface area contributed by atoms with Crippen LogP contribution >= 0.6 is 0 Å². The van der Waals surface area contributed by atoms with Crippen LogP contribution in [0, 0.1) is 0 Å². The molecule has 0 bridgehead atoms. The second kappa shape index (κ2) is 5.91. The van der Waals surface area contributed by atoms with Gasteiger partial charge in [-0.05, 0) is 30.7 Å². The van der Waals surface area contributed by atoms with Crippen LogP contribution in [0.25, 0.3) is 0 Å². The highest BCUT2D eigenvalue weighted by atomic mass is 16.6. The Balaban J connectivity index is 1.76. The Labute approximate surface area is 123 Å². The summed E-state index contributed by atoms with van der Waals surface area (Å²) in [5.41, 5.74) is 1.58. The Morgan fingerprint density at radius 1 is 1.19 bits per heavy atom. The molecule has 0 fully saturated rings. The maximum Gasteiger partial charge on any atom is 0.257 e. The Bertz CT molecular complexity index is 621. The zero-order valence-electron chi connectivity index (χ0n) is 11.9. The summed E-state index contributed by atoms with van der Waals surface area (Å²) in [6, 6.07) is 7.45. The van der Waals surface area contributed by atoms with Gasteiger partial charge >= 0.3 is 0 Å². The molecular formula is C16H17NO4. The van der Waals surface area contributed by atoms with Crippen molar-refractivity contribution in [3.63, 3.8) is 0 Å². The average molecular weight is 287 g/mol. The van der Waals surface area contributed by atoms with Gasteiger partial charge in [-0.1, -0.05) is 6.07 Å². The molecule has 0 N–H and O–H groups in total. The van der Waals surface area contributed by atoms with Gasteiger partial charge in [-0.25, -0.2) is 0 Å². The summed E-state index contributed by atoms with van der Waals surface area (Å²) in [5.74, 6) is 1.46. The van der Waals surface area contributed by atoms with Crippen molar-refractivity contribution in [1.82, 2.24) is 4.90 Å². The first-order valence-corrected chi connectivity index (χ1v) is 6.98. The van der Waals surface area contributed by atoms with Gasteiger partial charge in [0.2, 0.25) is 0 Å². The molecule has 2 heterocycles. The molecule has 5 nitrogen and oxygen atoms in total. The Kier molecular flexibility index (Phi) is 3.81. The third-order valence-electron chi connectivity index (χ3n) is 3.42. The normalized spacial score (nSPS) is 13.0. The predicted octanol–water partition coefficient (Wildman–Crippen LogP) is 2.71. The molecule has 110 valence electrons. The van der Waals surface area contributed by atoms with E-state index in [1.165, 1.54) is 12.5 Å². The van der Waals surface area contributed by atoms with Crippen LogP contribution in [-0.2, 0) is 6.54 Å². The highest BCUT2D eigenvalue weighted by Crippen LogP contribution is 2.31. The molecule has 0 saturated carbocycles. The molecule has 1 aromatic heterocycles. The summed E-state index contributed by atoms with van der Waals surface area (Å²) >= 11 is 0. The quantitative estimate of drug-likeness (QED) is 0.867. The monoisotopic (exact) mass is 287 g/mol. The molecule has 5 heteroatoms. The van der Waals surface area contributed by atoms with Gasteiger partial charge in [-0.3, -0.25) is 4.79 Å². The molecule has 0 unspecified atom stereocenters. The van der Waals surface area contributed by atoms with Crippen molar-refractivity contribution in [3.8, 4) is 11.5 Å². The van der Waals surface area contributed by atoms with Crippen LogP contribution in [0.4, 0.5) is 0 Å². The van der Waals surface area contributed by atoms with Crippen LogP contribution in [0.3, 0.4) is 0 Å². The van der Waals surface area contributed by atoms with Crippen LogP contribution in [0.15, 0.2) is 41.2 Å². The van der Waals surface area contributed by atoms with Crippen molar-refractivity contribution < 1.29 is 18.7 Å². The highest BCUT2D eigenvalue weighted by Gasteiger charge is 2.17. The fourth-order valence-corrected chi connectivity index (χ4v) is 2.30. The topological polar surface area (TPSA) is 51.9 Å². The number of fused-ring (bicyclic) bond motifs is 1. The van der Waals surface area contributed by atoms with Gasteiger partial charge in [0, 0.05) is 13.1 Å². The average Bonchev–Trinajstić information content (AvgIpc) is 3.06. The molecule has 3 rings (SSSR count). The number of ether oxygens (including phenoxy) is 2. The van der Waals surface area contributed by atoms with Gasteiger partial charge in [0.05, 0.1) is 11.8 Å². The number of furan rings is 1.